The van der Waals surface area contributed by atoms with Crippen molar-refractivity contribution >= 4 is 38.9 Å². The van der Waals surface area contributed by atoms with Crippen molar-refractivity contribution in [2.24, 2.45) is 0 Å². The molecule has 3 rings (SSSR count). The minimum atomic E-state index is -4.52. The number of halogens is 4. The monoisotopic (exact) mass is 482 g/mol. The SMILES string of the molecule is CS(=O)(=O)N(Cc1ccc(C(=O)Nc2cccc(C(F)(F)F)c2)cc1)c1cccc(Cl)c1. The van der Waals surface area contributed by atoms with Gasteiger partial charge in [0.05, 0.1) is 24.1 Å². The smallest absolute Gasteiger partial charge is 0.322 e. The van der Waals surface area contributed by atoms with E-state index in [1.165, 1.54) is 34.6 Å². The summed E-state index contributed by atoms with van der Waals surface area (Å²) >= 11 is 5.97. The first-order valence-corrected chi connectivity index (χ1v) is 11.5. The molecule has 0 aliphatic heterocycles. The van der Waals surface area contributed by atoms with Gasteiger partial charge in [-0.15, -0.1) is 0 Å². The Morgan fingerprint density at radius 2 is 1.66 bits per heavy atom. The Bertz CT molecular complexity index is 1230. The Morgan fingerprint density at radius 1 is 1.00 bits per heavy atom. The number of sulfonamides is 1. The molecule has 0 fully saturated rings. The van der Waals surface area contributed by atoms with Gasteiger partial charge in [-0.05, 0) is 54.1 Å². The fourth-order valence-corrected chi connectivity index (χ4v) is 4.00. The van der Waals surface area contributed by atoms with Crippen LogP contribution in [0.5, 0.6) is 0 Å². The van der Waals surface area contributed by atoms with Gasteiger partial charge in [-0.3, -0.25) is 9.10 Å². The average molecular weight is 483 g/mol. The average Bonchev–Trinajstić information content (AvgIpc) is 2.71. The van der Waals surface area contributed by atoms with Crippen LogP contribution in [0.1, 0.15) is 21.5 Å². The van der Waals surface area contributed by atoms with Gasteiger partial charge in [0.15, 0.2) is 0 Å². The van der Waals surface area contributed by atoms with Crippen LogP contribution in [0.3, 0.4) is 0 Å². The summed E-state index contributed by atoms with van der Waals surface area (Å²) in [7, 11) is -3.61. The molecular formula is C22H18ClF3N2O3S. The Morgan fingerprint density at radius 3 is 2.25 bits per heavy atom. The van der Waals surface area contributed by atoms with Crippen molar-refractivity contribution < 1.29 is 26.4 Å². The van der Waals surface area contributed by atoms with E-state index in [-0.39, 0.29) is 17.8 Å². The Labute approximate surface area is 188 Å². The van der Waals surface area contributed by atoms with Crippen molar-refractivity contribution in [1.29, 1.82) is 0 Å². The van der Waals surface area contributed by atoms with E-state index < -0.39 is 27.7 Å². The number of benzene rings is 3. The highest BCUT2D eigenvalue weighted by atomic mass is 35.5. The fraction of sp³-hybridized carbons (Fsp3) is 0.136. The first kappa shape index (κ1) is 23.6. The Kier molecular flexibility index (Phi) is 6.80. The number of carbonyl (C=O) groups is 1. The quantitative estimate of drug-likeness (QED) is 0.499. The van der Waals surface area contributed by atoms with Gasteiger partial charge in [0, 0.05) is 16.3 Å². The van der Waals surface area contributed by atoms with E-state index in [2.05, 4.69) is 5.32 Å². The molecule has 0 aliphatic carbocycles. The second-order valence-corrected chi connectivity index (χ2v) is 9.32. The summed E-state index contributed by atoms with van der Waals surface area (Å²) in [6.07, 6.45) is -3.44. The molecule has 0 saturated heterocycles. The van der Waals surface area contributed by atoms with E-state index in [1.54, 1.807) is 30.3 Å². The van der Waals surface area contributed by atoms with Crippen LogP contribution in [0, 0.1) is 0 Å². The molecule has 3 aromatic carbocycles. The first-order chi connectivity index (χ1) is 14.9. The van der Waals surface area contributed by atoms with Crippen LogP contribution in [0.15, 0.2) is 72.8 Å². The predicted octanol–water partition coefficient (Wildman–Crippen LogP) is 5.58. The molecule has 168 valence electrons. The zero-order valence-corrected chi connectivity index (χ0v) is 18.3. The van der Waals surface area contributed by atoms with Gasteiger partial charge in [0.25, 0.3) is 5.91 Å². The molecule has 3 aromatic rings. The second-order valence-electron chi connectivity index (χ2n) is 6.98. The standard InChI is InChI=1S/C22H18ClF3N2O3S/c1-32(30,31)28(20-7-3-5-18(23)13-20)14-15-8-10-16(11-9-15)21(29)27-19-6-2-4-17(12-19)22(24,25)26/h2-13H,14H2,1H3,(H,27,29). The third kappa shape index (κ3) is 6.02. The van der Waals surface area contributed by atoms with E-state index in [0.29, 0.717) is 16.3 Å². The van der Waals surface area contributed by atoms with Gasteiger partial charge < -0.3 is 5.32 Å². The van der Waals surface area contributed by atoms with Crippen LogP contribution in [-0.4, -0.2) is 20.6 Å². The molecule has 0 heterocycles. The molecule has 0 spiro atoms. The van der Waals surface area contributed by atoms with Crippen LogP contribution in [-0.2, 0) is 22.7 Å². The Balaban J connectivity index is 1.76. The molecule has 10 heteroatoms. The summed E-state index contributed by atoms with van der Waals surface area (Å²) < 4.78 is 64.2. The molecule has 0 aromatic heterocycles. The lowest BCUT2D eigenvalue weighted by Gasteiger charge is -2.22. The lowest BCUT2D eigenvalue weighted by molar-refractivity contribution is -0.137. The van der Waals surface area contributed by atoms with Crippen molar-refractivity contribution in [3.05, 3.63) is 94.5 Å². The van der Waals surface area contributed by atoms with Gasteiger partial charge in [0.2, 0.25) is 10.0 Å². The second kappa shape index (κ2) is 9.22. The maximum atomic E-state index is 12.8. The number of anilines is 2. The summed E-state index contributed by atoms with van der Waals surface area (Å²) in [4.78, 5) is 12.4. The lowest BCUT2D eigenvalue weighted by atomic mass is 10.1. The number of carbonyl (C=O) groups excluding carboxylic acids is 1. The maximum Gasteiger partial charge on any atom is 0.416 e. The van der Waals surface area contributed by atoms with Gasteiger partial charge in [-0.1, -0.05) is 35.9 Å². The fourth-order valence-electron chi connectivity index (χ4n) is 2.94. The Hall–Kier alpha value is -3.04. The summed E-state index contributed by atoms with van der Waals surface area (Å²) in [6.45, 7) is 0.00863. The van der Waals surface area contributed by atoms with Crippen molar-refractivity contribution in [3.63, 3.8) is 0 Å². The minimum absolute atomic E-state index is 0.00863. The molecule has 5 nitrogen and oxygen atoms in total. The van der Waals surface area contributed by atoms with Crippen molar-refractivity contribution in [3.8, 4) is 0 Å². The maximum absolute atomic E-state index is 12.8. The highest BCUT2D eigenvalue weighted by Crippen LogP contribution is 2.31. The van der Waals surface area contributed by atoms with Gasteiger partial charge >= 0.3 is 6.18 Å². The summed E-state index contributed by atoms with van der Waals surface area (Å²) in [6, 6.07) is 16.8. The molecule has 1 N–H and O–H groups in total. The van der Waals surface area contributed by atoms with Crippen LogP contribution >= 0.6 is 11.6 Å². The van der Waals surface area contributed by atoms with E-state index in [1.807, 2.05) is 0 Å². The number of nitrogens with one attached hydrogen (secondary N) is 1. The molecule has 0 unspecified atom stereocenters. The van der Waals surface area contributed by atoms with E-state index in [0.717, 1.165) is 18.4 Å². The summed E-state index contributed by atoms with van der Waals surface area (Å²) in [5.41, 5.74) is 0.350. The lowest BCUT2D eigenvalue weighted by Crippen LogP contribution is -2.29. The van der Waals surface area contributed by atoms with Crippen LogP contribution in [0.25, 0.3) is 0 Å². The zero-order valence-electron chi connectivity index (χ0n) is 16.7. The predicted molar refractivity (Wildman–Crippen MR) is 118 cm³/mol. The molecule has 32 heavy (non-hydrogen) atoms. The molecule has 0 saturated carbocycles. The van der Waals surface area contributed by atoms with Crippen LogP contribution in [0.2, 0.25) is 5.02 Å². The molecule has 0 bridgehead atoms. The number of rotatable bonds is 6. The molecule has 0 radical (unpaired) electrons. The largest absolute Gasteiger partial charge is 0.416 e. The van der Waals surface area contributed by atoms with E-state index in [4.69, 9.17) is 11.6 Å². The molecular weight excluding hydrogens is 465 g/mol. The molecule has 0 atom stereocenters. The zero-order chi connectivity index (χ0) is 23.5. The summed E-state index contributed by atoms with van der Waals surface area (Å²) in [5.74, 6) is -0.592. The van der Waals surface area contributed by atoms with Crippen molar-refractivity contribution in [2.45, 2.75) is 12.7 Å². The number of alkyl halides is 3. The summed E-state index contributed by atoms with van der Waals surface area (Å²) in [5, 5.41) is 2.81. The third-order valence-electron chi connectivity index (χ3n) is 4.49. The van der Waals surface area contributed by atoms with Crippen molar-refractivity contribution in [2.75, 3.05) is 15.9 Å². The number of amides is 1. The van der Waals surface area contributed by atoms with Crippen LogP contribution < -0.4 is 9.62 Å². The minimum Gasteiger partial charge on any atom is -0.322 e. The number of hydrogen-bond acceptors (Lipinski definition) is 3. The number of nitrogens with zero attached hydrogens (tertiary/aromatic N) is 1. The molecule has 1 amide bonds. The highest BCUT2D eigenvalue weighted by molar-refractivity contribution is 7.92. The third-order valence-corrected chi connectivity index (χ3v) is 5.86. The van der Waals surface area contributed by atoms with E-state index in [9.17, 15) is 26.4 Å². The van der Waals surface area contributed by atoms with Gasteiger partial charge in [0.1, 0.15) is 0 Å². The first-order valence-electron chi connectivity index (χ1n) is 9.24. The van der Waals surface area contributed by atoms with E-state index >= 15 is 0 Å². The van der Waals surface area contributed by atoms with Gasteiger partial charge in [-0.25, -0.2) is 8.42 Å². The number of hydrogen-bond donors (Lipinski definition) is 1. The highest BCUT2D eigenvalue weighted by Gasteiger charge is 2.30. The topological polar surface area (TPSA) is 66.5 Å². The normalized spacial score (nSPS) is 11.8. The van der Waals surface area contributed by atoms with Crippen LogP contribution in [0.4, 0.5) is 24.5 Å². The van der Waals surface area contributed by atoms with Gasteiger partial charge in [-0.2, -0.15) is 13.2 Å². The molecule has 0 aliphatic rings. The van der Waals surface area contributed by atoms with Crippen molar-refractivity contribution in [1.82, 2.24) is 0 Å².